The summed E-state index contributed by atoms with van der Waals surface area (Å²) in [6.07, 6.45) is 7.25. The number of aryl methyl sites for hydroxylation is 2. The Morgan fingerprint density at radius 1 is 1.11 bits per heavy atom. The van der Waals surface area contributed by atoms with Gasteiger partial charge in [0, 0.05) is 42.5 Å². The molecule has 0 radical (unpaired) electrons. The van der Waals surface area contributed by atoms with Gasteiger partial charge in [-0.05, 0) is 56.0 Å². The molecule has 5 aromatic rings. The molecule has 1 saturated carbocycles. The Bertz CT molecular complexity index is 1680. The number of hydrogen-bond acceptors (Lipinski definition) is 5. The number of amides is 2. The number of fused-ring (bicyclic) bond motifs is 2. The SMILES string of the molecule is Cc1cccc([C@H](C)NC(=O)c2cn(C)c3ncc(-c4ccn5nc(NC(=O)C6CC6)nc5c4)cc23)c1. The van der Waals surface area contributed by atoms with E-state index in [2.05, 4.69) is 31.8 Å². The summed E-state index contributed by atoms with van der Waals surface area (Å²) in [5.74, 6) is 0.198. The van der Waals surface area contributed by atoms with E-state index in [0.29, 0.717) is 17.2 Å². The molecule has 9 nitrogen and oxygen atoms in total. The van der Waals surface area contributed by atoms with Crippen molar-refractivity contribution in [3.8, 4) is 11.1 Å². The Kier molecular flexibility index (Phi) is 5.48. The van der Waals surface area contributed by atoms with Crippen molar-refractivity contribution in [1.29, 1.82) is 0 Å². The first kappa shape index (κ1) is 22.9. The first-order valence-electron chi connectivity index (χ1n) is 12.4. The fourth-order valence-corrected chi connectivity index (χ4v) is 4.57. The zero-order valence-corrected chi connectivity index (χ0v) is 20.9. The van der Waals surface area contributed by atoms with Crippen LogP contribution in [-0.2, 0) is 11.8 Å². The van der Waals surface area contributed by atoms with Gasteiger partial charge in [0.2, 0.25) is 11.9 Å². The number of carbonyl (C=O) groups is 2. The molecule has 1 fully saturated rings. The first-order valence-corrected chi connectivity index (χ1v) is 12.4. The summed E-state index contributed by atoms with van der Waals surface area (Å²) in [4.78, 5) is 34.5. The average molecular weight is 494 g/mol. The maximum Gasteiger partial charge on any atom is 0.253 e. The fourth-order valence-electron chi connectivity index (χ4n) is 4.57. The van der Waals surface area contributed by atoms with Crippen molar-refractivity contribution in [2.45, 2.75) is 32.7 Å². The van der Waals surface area contributed by atoms with Gasteiger partial charge in [0.05, 0.1) is 11.6 Å². The van der Waals surface area contributed by atoms with Crippen molar-refractivity contribution in [3.05, 3.63) is 77.7 Å². The second kappa shape index (κ2) is 8.85. The zero-order chi connectivity index (χ0) is 25.7. The quantitative estimate of drug-likeness (QED) is 0.364. The van der Waals surface area contributed by atoms with Gasteiger partial charge in [0.15, 0.2) is 5.65 Å². The monoisotopic (exact) mass is 493 g/mol. The lowest BCUT2D eigenvalue weighted by molar-refractivity contribution is -0.117. The molecule has 0 aliphatic heterocycles. The lowest BCUT2D eigenvalue weighted by Gasteiger charge is -2.14. The molecule has 9 heteroatoms. The summed E-state index contributed by atoms with van der Waals surface area (Å²) in [7, 11) is 1.88. The summed E-state index contributed by atoms with van der Waals surface area (Å²) in [6, 6.07) is 13.8. The third-order valence-corrected chi connectivity index (χ3v) is 6.80. The lowest BCUT2D eigenvalue weighted by Crippen LogP contribution is -2.26. The van der Waals surface area contributed by atoms with Crippen LogP contribution in [0, 0.1) is 12.8 Å². The van der Waals surface area contributed by atoms with E-state index in [-0.39, 0.29) is 23.8 Å². The van der Waals surface area contributed by atoms with Crippen molar-refractivity contribution in [1.82, 2.24) is 29.5 Å². The van der Waals surface area contributed by atoms with Gasteiger partial charge in [0.1, 0.15) is 5.65 Å². The summed E-state index contributed by atoms with van der Waals surface area (Å²) in [5.41, 5.74) is 5.86. The second-order valence-corrected chi connectivity index (χ2v) is 9.78. The number of rotatable bonds is 6. The number of nitrogens with one attached hydrogen (secondary N) is 2. The van der Waals surface area contributed by atoms with E-state index in [1.165, 1.54) is 0 Å². The van der Waals surface area contributed by atoms with E-state index in [9.17, 15) is 9.59 Å². The Balaban J connectivity index is 1.29. The molecule has 1 aliphatic rings. The summed E-state index contributed by atoms with van der Waals surface area (Å²) in [6.45, 7) is 4.02. The van der Waals surface area contributed by atoms with Crippen LogP contribution in [0.2, 0.25) is 0 Å². The first-order chi connectivity index (χ1) is 17.9. The van der Waals surface area contributed by atoms with E-state index in [0.717, 1.165) is 46.1 Å². The molecule has 2 amide bonds. The number of nitrogens with zero attached hydrogens (tertiary/aromatic N) is 5. The van der Waals surface area contributed by atoms with E-state index >= 15 is 0 Å². The van der Waals surface area contributed by atoms with Gasteiger partial charge in [-0.3, -0.25) is 14.9 Å². The third-order valence-electron chi connectivity index (χ3n) is 6.80. The minimum Gasteiger partial charge on any atom is -0.345 e. The Morgan fingerprint density at radius 2 is 1.95 bits per heavy atom. The van der Waals surface area contributed by atoms with Crippen molar-refractivity contribution in [2.75, 3.05) is 5.32 Å². The Labute approximate surface area is 213 Å². The Hall–Kier alpha value is -4.53. The summed E-state index contributed by atoms with van der Waals surface area (Å²) >= 11 is 0. The highest BCUT2D eigenvalue weighted by Crippen LogP contribution is 2.30. The molecule has 1 aliphatic carbocycles. The number of anilines is 1. The van der Waals surface area contributed by atoms with Crippen LogP contribution < -0.4 is 10.6 Å². The molecule has 0 unspecified atom stereocenters. The molecule has 0 saturated heterocycles. The molecular formula is C28H27N7O2. The molecule has 37 heavy (non-hydrogen) atoms. The minimum atomic E-state index is -0.150. The van der Waals surface area contributed by atoms with Gasteiger partial charge in [-0.15, -0.1) is 5.10 Å². The van der Waals surface area contributed by atoms with E-state index in [1.807, 2.05) is 68.1 Å². The predicted molar refractivity (Wildman–Crippen MR) is 141 cm³/mol. The highest BCUT2D eigenvalue weighted by Gasteiger charge is 2.30. The topological polar surface area (TPSA) is 106 Å². The van der Waals surface area contributed by atoms with Crippen LogP contribution in [0.3, 0.4) is 0 Å². The fraction of sp³-hybridized carbons (Fsp3) is 0.250. The zero-order valence-electron chi connectivity index (χ0n) is 20.9. The van der Waals surface area contributed by atoms with Crippen molar-refractivity contribution in [3.63, 3.8) is 0 Å². The lowest BCUT2D eigenvalue weighted by atomic mass is 10.0. The number of carbonyl (C=O) groups excluding carboxylic acids is 2. The highest BCUT2D eigenvalue weighted by molar-refractivity contribution is 6.07. The maximum atomic E-state index is 13.3. The second-order valence-electron chi connectivity index (χ2n) is 9.78. The molecule has 2 N–H and O–H groups in total. The van der Waals surface area contributed by atoms with Gasteiger partial charge in [-0.25, -0.2) is 9.50 Å². The number of hydrogen-bond donors (Lipinski definition) is 2. The number of aromatic nitrogens is 5. The molecular weight excluding hydrogens is 466 g/mol. The largest absolute Gasteiger partial charge is 0.345 e. The molecule has 1 atom stereocenters. The Morgan fingerprint density at radius 3 is 2.73 bits per heavy atom. The van der Waals surface area contributed by atoms with Crippen LogP contribution in [0.5, 0.6) is 0 Å². The van der Waals surface area contributed by atoms with Crippen LogP contribution in [0.15, 0.2) is 61.1 Å². The van der Waals surface area contributed by atoms with Crippen LogP contribution in [0.25, 0.3) is 27.8 Å². The number of benzene rings is 1. The summed E-state index contributed by atoms with van der Waals surface area (Å²) < 4.78 is 3.49. The standard InChI is InChI=1S/C28H27N7O2/c1-16-5-4-6-19(11-16)17(2)30-27(37)23-15-34(3)25-22(23)12-21(14-29-25)20-9-10-35-24(13-20)31-28(33-35)32-26(36)18-7-8-18/h4-6,9-15,17-18H,7-8H2,1-3H3,(H,30,37)(H,32,33,36)/t17-/m0/s1. The van der Waals surface area contributed by atoms with E-state index in [1.54, 1.807) is 16.9 Å². The normalized spacial score (nSPS) is 14.1. The summed E-state index contributed by atoms with van der Waals surface area (Å²) in [5, 5.41) is 11.0. The average Bonchev–Trinajstić information content (AvgIpc) is 3.59. The van der Waals surface area contributed by atoms with Crippen molar-refractivity contribution >= 4 is 34.4 Å². The van der Waals surface area contributed by atoms with E-state index < -0.39 is 0 Å². The molecule has 6 rings (SSSR count). The van der Waals surface area contributed by atoms with Crippen LogP contribution in [0.1, 0.15) is 47.3 Å². The van der Waals surface area contributed by atoms with Gasteiger partial charge in [0.25, 0.3) is 5.91 Å². The van der Waals surface area contributed by atoms with Crippen molar-refractivity contribution in [2.24, 2.45) is 13.0 Å². The predicted octanol–water partition coefficient (Wildman–Crippen LogP) is 4.43. The molecule has 0 bridgehead atoms. The van der Waals surface area contributed by atoms with Crippen molar-refractivity contribution < 1.29 is 9.59 Å². The smallest absolute Gasteiger partial charge is 0.253 e. The van der Waals surface area contributed by atoms with Gasteiger partial charge in [-0.1, -0.05) is 29.8 Å². The number of pyridine rings is 2. The van der Waals surface area contributed by atoms with Gasteiger partial charge >= 0.3 is 0 Å². The third kappa shape index (κ3) is 4.44. The highest BCUT2D eigenvalue weighted by atomic mass is 16.2. The van der Waals surface area contributed by atoms with Crippen LogP contribution in [0.4, 0.5) is 5.95 Å². The molecule has 1 aromatic carbocycles. The molecule has 0 spiro atoms. The molecule has 186 valence electrons. The minimum absolute atomic E-state index is 0.0302. The maximum absolute atomic E-state index is 13.3. The van der Waals surface area contributed by atoms with Crippen LogP contribution in [-0.4, -0.2) is 36.0 Å². The van der Waals surface area contributed by atoms with Crippen LogP contribution >= 0.6 is 0 Å². The van der Waals surface area contributed by atoms with E-state index in [4.69, 9.17) is 0 Å². The molecule has 4 aromatic heterocycles. The van der Waals surface area contributed by atoms with Gasteiger partial charge < -0.3 is 9.88 Å². The van der Waals surface area contributed by atoms with Gasteiger partial charge in [-0.2, -0.15) is 4.98 Å². The molecule has 4 heterocycles.